The van der Waals surface area contributed by atoms with Crippen LogP contribution in [0.3, 0.4) is 0 Å². The summed E-state index contributed by atoms with van der Waals surface area (Å²) in [6.45, 7) is 0. The Hall–Kier alpha value is -0.910. The minimum Gasteiger partial charge on any atom is -0.0967 e. The predicted molar refractivity (Wildman–Crippen MR) is 97.1 cm³/mol. The van der Waals surface area contributed by atoms with Crippen LogP contribution in [0, 0.1) is 11.8 Å². The Morgan fingerprint density at radius 1 is 0.727 bits per heavy atom. The number of benzene rings is 1. The van der Waals surface area contributed by atoms with Gasteiger partial charge in [-0.2, -0.15) is 0 Å². The van der Waals surface area contributed by atoms with Gasteiger partial charge in [-0.3, -0.25) is 0 Å². The topological polar surface area (TPSA) is 0 Å². The molecule has 0 unspecified atom stereocenters. The van der Waals surface area contributed by atoms with Gasteiger partial charge in [0.15, 0.2) is 0 Å². The van der Waals surface area contributed by atoms with Crippen LogP contribution in [0.5, 0.6) is 0 Å². The van der Waals surface area contributed by atoms with Crippen molar-refractivity contribution in [3.05, 3.63) is 42.0 Å². The van der Waals surface area contributed by atoms with E-state index in [1.165, 1.54) is 56.9 Å². The maximum atomic E-state index is 5.98. The van der Waals surface area contributed by atoms with Crippen LogP contribution in [0.4, 0.5) is 0 Å². The highest BCUT2D eigenvalue weighted by atomic mass is 14.3. The second kappa shape index (κ2) is 7.57. The van der Waals surface area contributed by atoms with E-state index >= 15 is 0 Å². The molecule has 1 aromatic carbocycles. The average Bonchev–Trinajstić information content (AvgIpc) is 2.56. The molecule has 2 saturated carbocycles. The molecule has 0 nitrogen and oxygen atoms in total. The van der Waals surface area contributed by atoms with Crippen LogP contribution < -0.4 is 5.46 Å². The van der Waals surface area contributed by atoms with E-state index in [-0.39, 0.29) is 0 Å². The van der Waals surface area contributed by atoms with Crippen molar-refractivity contribution in [2.75, 3.05) is 0 Å². The zero-order valence-electron chi connectivity index (χ0n) is 13.6. The molecule has 0 aromatic heterocycles. The van der Waals surface area contributed by atoms with Crippen molar-refractivity contribution in [1.82, 2.24) is 0 Å². The van der Waals surface area contributed by atoms with Gasteiger partial charge in [-0.1, -0.05) is 60.5 Å². The lowest BCUT2D eigenvalue weighted by Gasteiger charge is -2.28. The van der Waals surface area contributed by atoms with E-state index in [2.05, 4.69) is 24.3 Å². The molecule has 2 aliphatic rings. The molecule has 0 spiro atoms. The summed E-state index contributed by atoms with van der Waals surface area (Å²) in [5, 5.41) is 0. The Morgan fingerprint density at radius 3 is 1.77 bits per heavy atom. The van der Waals surface area contributed by atoms with Crippen LogP contribution >= 0.6 is 0 Å². The molecule has 3 rings (SSSR count). The van der Waals surface area contributed by atoms with Crippen molar-refractivity contribution in [3.63, 3.8) is 0 Å². The summed E-state index contributed by atoms with van der Waals surface area (Å²) in [6, 6.07) is 8.49. The number of hydrogen-bond donors (Lipinski definition) is 0. The maximum Gasteiger partial charge on any atom is 0.113 e. The zero-order chi connectivity index (χ0) is 15.4. The van der Waals surface area contributed by atoms with Gasteiger partial charge in [-0.15, -0.1) is 0 Å². The smallest absolute Gasteiger partial charge is 0.0967 e. The lowest BCUT2D eigenvalue weighted by molar-refractivity contribution is 0.370. The Bertz CT molecular complexity index is 475. The van der Waals surface area contributed by atoms with Gasteiger partial charge in [-0.25, -0.2) is 0 Å². The summed E-state index contributed by atoms with van der Waals surface area (Å²) in [5.74, 6) is 2.77. The molecule has 22 heavy (non-hydrogen) atoms. The monoisotopic (exact) mass is 288 g/mol. The number of hydrogen-bond acceptors (Lipinski definition) is 0. The highest BCUT2D eigenvalue weighted by molar-refractivity contribution is 6.32. The lowest BCUT2D eigenvalue weighted by atomic mass is 9.71. The van der Waals surface area contributed by atoms with E-state index < -0.39 is 0 Å². The predicted octanol–water partition coefficient (Wildman–Crippen LogP) is 4.46. The Balaban J connectivity index is 1.46. The van der Waals surface area contributed by atoms with Crippen molar-refractivity contribution < 1.29 is 0 Å². The first kappa shape index (κ1) is 16.0. The molecule has 4 radical (unpaired) electrons. The Labute approximate surface area is 138 Å². The van der Waals surface area contributed by atoms with Gasteiger partial charge < -0.3 is 0 Å². The van der Waals surface area contributed by atoms with Crippen molar-refractivity contribution in [2.24, 2.45) is 11.8 Å². The van der Waals surface area contributed by atoms with Crippen LogP contribution in [0.1, 0.15) is 62.8 Å². The van der Waals surface area contributed by atoms with Crippen LogP contribution in [0.2, 0.25) is 5.82 Å². The fraction of sp³-hybridized carbons (Fsp3) is 0.600. The zero-order valence-corrected chi connectivity index (χ0v) is 13.6. The Morgan fingerprint density at radius 2 is 1.23 bits per heavy atom. The van der Waals surface area contributed by atoms with E-state index in [9.17, 15) is 0 Å². The summed E-state index contributed by atoms with van der Waals surface area (Å²) in [5.41, 5.74) is 2.34. The van der Waals surface area contributed by atoms with Crippen molar-refractivity contribution in [2.45, 2.75) is 63.1 Å². The fourth-order valence-electron chi connectivity index (χ4n) is 4.06. The standard InChI is InChI=1S/C20H26B2/c21-19-11-5-16(6-12-19)2-1-15-3-7-17(8-4-15)18-9-13-20(22)14-10-18/h1-2,9-10,13-17,19H,3-8,11-12H2. The first-order valence-electron chi connectivity index (χ1n) is 9.00. The van der Waals surface area contributed by atoms with E-state index in [1.54, 1.807) is 0 Å². The van der Waals surface area contributed by atoms with Crippen molar-refractivity contribution >= 4 is 21.2 Å². The van der Waals surface area contributed by atoms with Gasteiger partial charge in [0.1, 0.15) is 7.85 Å². The molecule has 2 heteroatoms. The van der Waals surface area contributed by atoms with Gasteiger partial charge in [0.25, 0.3) is 0 Å². The minimum atomic E-state index is 0.458. The van der Waals surface area contributed by atoms with E-state index in [1.807, 2.05) is 12.1 Å². The Kier molecular flexibility index (Phi) is 5.50. The molecular weight excluding hydrogens is 262 g/mol. The SMILES string of the molecule is [B]c1ccc(C2CCC(C=CC3CCC([B])CC3)CC2)cc1. The fourth-order valence-corrected chi connectivity index (χ4v) is 4.06. The second-order valence-electron chi connectivity index (χ2n) is 7.34. The van der Waals surface area contributed by atoms with Gasteiger partial charge >= 0.3 is 0 Å². The average molecular weight is 288 g/mol. The normalized spacial score (nSPS) is 33.1. The highest BCUT2D eigenvalue weighted by Gasteiger charge is 2.21. The first-order valence-corrected chi connectivity index (χ1v) is 9.00. The quantitative estimate of drug-likeness (QED) is 0.569. The summed E-state index contributed by atoms with van der Waals surface area (Å²) in [6.07, 6.45) is 15.3. The van der Waals surface area contributed by atoms with Gasteiger partial charge in [0, 0.05) is 0 Å². The largest absolute Gasteiger partial charge is 0.113 e. The molecule has 0 aliphatic heterocycles. The molecule has 0 N–H and O–H groups in total. The van der Waals surface area contributed by atoms with E-state index in [0.29, 0.717) is 5.82 Å². The molecule has 0 heterocycles. The highest BCUT2D eigenvalue weighted by Crippen LogP contribution is 2.37. The van der Waals surface area contributed by atoms with Gasteiger partial charge in [0.05, 0.1) is 7.85 Å². The van der Waals surface area contributed by atoms with E-state index in [4.69, 9.17) is 15.7 Å². The summed E-state index contributed by atoms with van der Waals surface area (Å²) >= 11 is 0. The minimum absolute atomic E-state index is 0.458. The van der Waals surface area contributed by atoms with Gasteiger partial charge in [-0.05, 0) is 61.8 Å². The molecule has 112 valence electrons. The summed E-state index contributed by atoms with van der Waals surface area (Å²) in [7, 11) is 11.8. The first-order chi connectivity index (χ1) is 10.7. The molecule has 0 atom stereocenters. The second-order valence-corrected chi connectivity index (χ2v) is 7.34. The van der Waals surface area contributed by atoms with Crippen LogP contribution in [0.25, 0.3) is 0 Å². The molecular formula is C20H26B2. The molecule has 0 amide bonds. The van der Waals surface area contributed by atoms with Crippen molar-refractivity contribution in [3.8, 4) is 0 Å². The molecule has 2 fully saturated rings. The van der Waals surface area contributed by atoms with Gasteiger partial charge in [0.2, 0.25) is 0 Å². The third kappa shape index (κ3) is 4.31. The third-order valence-corrected chi connectivity index (χ3v) is 5.65. The molecule has 0 bridgehead atoms. The third-order valence-electron chi connectivity index (χ3n) is 5.65. The maximum absolute atomic E-state index is 5.98. The summed E-state index contributed by atoms with van der Waals surface area (Å²) in [4.78, 5) is 0. The van der Waals surface area contributed by atoms with E-state index in [0.717, 1.165) is 23.2 Å². The molecule has 1 aromatic rings. The van der Waals surface area contributed by atoms with Crippen molar-refractivity contribution in [1.29, 1.82) is 0 Å². The lowest BCUT2D eigenvalue weighted by Crippen LogP contribution is -2.13. The number of rotatable bonds is 3. The van der Waals surface area contributed by atoms with Crippen LogP contribution in [-0.2, 0) is 0 Å². The summed E-state index contributed by atoms with van der Waals surface area (Å²) < 4.78 is 0. The molecule has 2 aliphatic carbocycles. The number of allylic oxidation sites excluding steroid dienone is 2. The van der Waals surface area contributed by atoms with Crippen LogP contribution in [0.15, 0.2) is 36.4 Å². The van der Waals surface area contributed by atoms with Crippen LogP contribution in [-0.4, -0.2) is 15.7 Å². The molecule has 0 saturated heterocycles.